The number of rotatable bonds is 10. The van der Waals surface area contributed by atoms with Gasteiger partial charge in [0.2, 0.25) is 0 Å². The number of carbonyl (C=O) groups excluding carboxylic acids is 2. The lowest BCUT2D eigenvalue weighted by atomic mass is 9.85. The van der Waals surface area contributed by atoms with Crippen molar-refractivity contribution in [3.63, 3.8) is 0 Å². The predicted octanol–water partition coefficient (Wildman–Crippen LogP) is 4.23. The zero-order valence-corrected chi connectivity index (χ0v) is 19.6. The van der Waals surface area contributed by atoms with Crippen molar-refractivity contribution in [3.8, 4) is 11.5 Å². The summed E-state index contributed by atoms with van der Waals surface area (Å²) in [5.41, 5.74) is 1.34. The molecule has 6 nitrogen and oxygen atoms in total. The highest BCUT2D eigenvalue weighted by Gasteiger charge is 2.25. The Hall–Kier alpha value is -2.86. The lowest BCUT2D eigenvalue weighted by Crippen LogP contribution is -2.25. The average molecular weight is 443 g/mol. The van der Waals surface area contributed by atoms with Crippen molar-refractivity contribution < 1.29 is 29.3 Å². The van der Waals surface area contributed by atoms with E-state index in [9.17, 15) is 19.8 Å². The highest BCUT2D eigenvalue weighted by molar-refractivity contribution is 5.76. The largest absolute Gasteiger partial charge is 0.508 e. The van der Waals surface area contributed by atoms with Gasteiger partial charge in [-0.05, 0) is 35.4 Å². The lowest BCUT2D eigenvalue weighted by Gasteiger charge is -2.25. The number of hydrogen-bond acceptors (Lipinski definition) is 6. The van der Waals surface area contributed by atoms with Gasteiger partial charge in [-0.25, -0.2) is 0 Å². The van der Waals surface area contributed by atoms with Crippen molar-refractivity contribution >= 4 is 11.9 Å². The van der Waals surface area contributed by atoms with E-state index < -0.39 is 17.4 Å². The number of phenols is 1. The molecule has 0 unspecified atom stereocenters. The quantitative estimate of drug-likeness (QED) is 0.422. The smallest absolute Gasteiger partial charge is 0.310 e. The van der Waals surface area contributed by atoms with E-state index in [1.54, 1.807) is 24.3 Å². The number of carbonyl (C=O) groups is 2. The number of hydrogen-bond donors (Lipinski definition) is 2. The predicted molar refractivity (Wildman–Crippen MR) is 123 cm³/mol. The molecule has 0 aliphatic heterocycles. The van der Waals surface area contributed by atoms with Crippen LogP contribution in [-0.4, -0.2) is 35.4 Å². The molecule has 6 heteroatoms. The van der Waals surface area contributed by atoms with Gasteiger partial charge < -0.3 is 19.7 Å². The fourth-order valence-corrected chi connectivity index (χ4v) is 3.47. The van der Waals surface area contributed by atoms with Crippen LogP contribution in [0.1, 0.15) is 51.3 Å². The third-order valence-corrected chi connectivity index (χ3v) is 5.14. The molecule has 2 N–H and O–H groups in total. The molecule has 0 atom stereocenters. The molecule has 174 valence electrons. The Balaban J connectivity index is 2.11. The molecule has 2 aromatic carbocycles. The van der Waals surface area contributed by atoms with E-state index in [1.165, 1.54) is 6.92 Å². The van der Waals surface area contributed by atoms with E-state index in [0.717, 1.165) is 11.1 Å². The number of phenolic OH excluding ortho intramolecular Hbond substituents is 1. The van der Waals surface area contributed by atoms with Crippen molar-refractivity contribution in [2.75, 3.05) is 13.2 Å². The summed E-state index contributed by atoms with van der Waals surface area (Å²) in [5.74, 6) is -0.326. The summed E-state index contributed by atoms with van der Waals surface area (Å²) < 4.78 is 11.0. The number of aromatic hydroxyl groups is 1. The standard InChI is InChI=1S/C26H34O6/c1-18(28)32-24-19(10-8-11-21(24)15-25(2,3)16-27)13-23(30)31-17-26(4,5)14-20-9-6-7-12-22(20)29/h6-12,27,29H,13-17H2,1-5H3. The summed E-state index contributed by atoms with van der Waals surface area (Å²) in [5, 5.41) is 19.6. The molecule has 2 aromatic rings. The van der Waals surface area contributed by atoms with Gasteiger partial charge in [0.25, 0.3) is 0 Å². The number of para-hydroxylation sites is 2. The van der Waals surface area contributed by atoms with Gasteiger partial charge in [0, 0.05) is 24.5 Å². The van der Waals surface area contributed by atoms with E-state index in [-0.39, 0.29) is 30.8 Å². The van der Waals surface area contributed by atoms with Crippen molar-refractivity contribution in [2.24, 2.45) is 10.8 Å². The third kappa shape index (κ3) is 7.68. The first-order chi connectivity index (χ1) is 14.9. The number of aliphatic hydroxyl groups excluding tert-OH is 1. The average Bonchev–Trinajstić information content (AvgIpc) is 2.70. The molecule has 0 saturated carbocycles. The summed E-state index contributed by atoms with van der Waals surface area (Å²) in [7, 11) is 0. The van der Waals surface area contributed by atoms with Crippen LogP contribution >= 0.6 is 0 Å². The second-order valence-electron chi connectivity index (χ2n) is 9.81. The van der Waals surface area contributed by atoms with Crippen LogP contribution in [-0.2, 0) is 33.6 Å². The van der Waals surface area contributed by atoms with E-state index in [4.69, 9.17) is 9.47 Å². The highest BCUT2D eigenvalue weighted by atomic mass is 16.5. The number of ether oxygens (including phenoxy) is 2. The Kier molecular flexibility index (Phi) is 8.44. The van der Waals surface area contributed by atoms with Gasteiger partial charge in [-0.15, -0.1) is 0 Å². The first-order valence-corrected chi connectivity index (χ1v) is 10.7. The molecule has 2 rings (SSSR count). The SMILES string of the molecule is CC(=O)Oc1c(CC(=O)OCC(C)(C)Cc2ccccc2O)cccc1CC(C)(C)CO. The van der Waals surface area contributed by atoms with E-state index in [2.05, 4.69) is 0 Å². The van der Waals surface area contributed by atoms with E-state index >= 15 is 0 Å². The molecule has 0 saturated heterocycles. The summed E-state index contributed by atoms with van der Waals surface area (Å²) in [6.45, 7) is 9.24. The monoisotopic (exact) mass is 442 g/mol. The second-order valence-corrected chi connectivity index (χ2v) is 9.81. The zero-order chi connectivity index (χ0) is 23.9. The van der Waals surface area contributed by atoms with Crippen molar-refractivity contribution in [1.82, 2.24) is 0 Å². The van der Waals surface area contributed by atoms with Crippen LogP contribution in [0.2, 0.25) is 0 Å². The molecule has 0 fully saturated rings. The first kappa shape index (κ1) is 25.4. The fourth-order valence-electron chi connectivity index (χ4n) is 3.47. The fraction of sp³-hybridized carbons (Fsp3) is 0.462. The number of benzene rings is 2. The minimum absolute atomic E-state index is 0.0230. The molecule has 0 radical (unpaired) electrons. The van der Waals surface area contributed by atoms with Crippen molar-refractivity contribution in [3.05, 3.63) is 59.2 Å². The van der Waals surface area contributed by atoms with Crippen LogP contribution < -0.4 is 4.74 Å². The maximum atomic E-state index is 12.6. The summed E-state index contributed by atoms with van der Waals surface area (Å²) >= 11 is 0. The highest BCUT2D eigenvalue weighted by Crippen LogP contribution is 2.32. The van der Waals surface area contributed by atoms with Crippen LogP contribution in [0.4, 0.5) is 0 Å². The molecule has 0 aromatic heterocycles. The van der Waals surface area contributed by atoms with Crippen LogP contribution in [0.15, 0.2) is 42.5 Å². The summed E-state index contributed by atoms with van der Waals surface area (Å²) in [6.07, 6.45) is 1.00. The van der Waals surface area contributed by atoms with Crippen molar-refractivity contribution in [2.45, 2.75) is 53.9 Å². The molecule has 0 aliphatic carbocycles. The summed E-state index contributed by atoms with van der Waals surface area (Å²) in [6, 6.07) is 12.5. The van der Waals surface area contributed by atoms with Gasteiger partial charge in [0.05, 0.1) is 13.0 Å². The topological polar surface area (TPSA) is 93.1 Å². The molecule has 32 heavy (non-hydrogen) atoms. The molecular formula is C26H34O6. The van der Waals surface area contributed by atoms with Crippen molar-refractivity contribution in [1.29, 1.82) is 0 Å². The molecule has 0 bridgehead atoms. The number of aliphatic hydroxyl groups is 1. The summed E-state index contributed by atoms with van der Waals surface area (Å²) in [4.78, 5) is 24.3. The van der Waals surface area contributed by atoms with Gasteiger partial charge in [0.15, 0.2) is 0 Å². The van der Waals surface area contributed by atoms with Crippen LogP contribution in [0.25, 0.3) is 0 Å². The Morgan fingerprint density at radius 2 is 1.47 bits per heavy atom. The van der Waals surface area contributed by atoms with Crippen LogP contribution in [0.3, 0.4) is 0 Å². The Bertz CT molecular complexity index is 945. The van der Waals surface area contributed by atoms with Crippen LogP contribution in [0, 0.1) is 10.8 Å². The molecule has 0 amide bonds. The molecule has 0 heterocycles. The van der Waals surface area contributed by atoms with Gasteiger partial charge in [0.1, 0.15) is 11.5 Å². The van der Waals surface area contributed by atoms with Crippen LogP contribution in [0.5, 0.6) is 11.5 Å². The Morgan fingerprint density at radius 1 is 0.875 bits per heavy atom. The number of esters is 2. The van der Waals surface area contributed by atoms with E-state index in [1.807, 2.05) is 45.9 Å². The van der Waals surface area contributed by atoms with E-state index in [0.29, 0.717) is 24.2 Å². The maximum absolute atomic E-state index is 12.6. The molecule has 0 aliphatic rings. The first-order valence-electron chi connectivity index (χ1n) is 10.7. The van der Waals surface area contributed by atoms with Gasteiger partial charge in [-0.1, -0.05) is 64.1 Å². The molecule has 0 spiro atoms. The normalized spacial score (nSPS) is 11.8. The van der Waals surface area contributed by atoms with Gasteiger partial charge in [-0.2, -0.15) is 0 Å². The van der Waals surface area contributed by atoms with Gasteiger partial charge in [-0.3, -0.25) is 9.59 Å². The molecular weight excluding hydrogens is 408 g/mol. The minimum atomic E-state index is -0.474. The maximum Gasteiger partial charge on any atom is 0.310 e. The minimum Gasteiger partial charge on any atom is -0.508 e. The second kappa shape index (κ2) is 10.6. The van der Waals surface area contributed by atoms with Gasteiger partial charge >= 0.3 is 11.9 Å². The zero-order valence-electron chi connectivity index (χ0n) is 19.6. The Labute approximate surface area is 190 Å². The third-order valence-electron chi connectivity index (χ3n) is 5.14. The Morgan fingerprint density at radius 3 is 2.09 bits per heavy atom. The lowest BCUT2D eigenvalue weighted by molar-refractivity contribution is -0.146.